The normalized spacial score (nSPS) is 10.3. The highest BCUT2D eigenvalue weighted by molar-refractivity contribution is 6.06. The summed E-state index contributed by atoms with van der Waals surface area (Å²) in [5.74, 6) is -2.23. The maximum atomic E-state index is 11.9. The van der Waals surface area contributed by atoms with Crippen LogP contribution in [0.4, 0.5) is 5.69 Å². The number of hydrogen-bond acceptors (Lipinski definition) is 6. The summed E-state index contributed by atoms with van der Waals surface area (Å²) in [5, 5.41) is 22.9. The first-order valence-corrected chi connectivity index (χ1v) is 6.53. The molecule has 3 N–H and O–H groups in total. The third-order valence-electron chi connectivity index (χ3n) is 2.68. The molecule has 0 unspecified atom stereocenters. The summed E-state index contributed by atoms with van der Waals surface area (Å²) in [7, 11) is 1.26. The van der Waals surface area contributed by atoms with E-state index in [1.165, 1.54) is 37.6 Å². The number of aromatic carboxylic acids is 1. The van der Waals surface area contributed by atoms with Gasteiger partial charge in [0.25, 0.3) is 5.91 Å². The van der Waals surface area contributed by atoms with Crippen molar-refractivity contribution in [2.24, 2.45) is 0 Å². The second-order valence-corrected chi connectivity index (χ2v) is 4.29. The van der Waals surface area contributed by atoms with Crippen LogP contribution in [0.5, 0.6) is 0 Å². The Morgan fingerprint density at radius 1 is 1.39 bits per heavy atom. The average Bonchev–Trinajstić information content (AvgIpc) is 2.54. The molecule has 1 rings (SSSR count). The predicted molar refractivity (Wildman–Crippen MR) is 80.4 cm³/mol. The molecule has 0 saturated heterocycles. The fourth-order valence-electron chi connectivity index (χ4n) is 1.53. The van der Waals surface area contributed by atoms with Crippen molar-refractivity contribution in [3.63, 3.8) is 0 Å². The van der Waals surface area contributed by atoms with Crippen molar-refractivity contribution in [3.05, 3.63) is 41.6 Å². The number of hydrogen-bond donors (Lipinski definition) is 3. The number of nitrogens with one attached hydrogen (secondary N) is 2. The molecule has 23 heavy (non-hydrogen) atoms. The Morgan fingerprint density at radius 3 is 2.74 bits per heavy atom. The molecule has 0 spiro atoms. The summed E-state index contributed by atoms with van der Waals surface area (Å²) < 4.78 is 4.45. The molecule has 0 heterocycles. The number of carboxylic acid groups (broad SMARTS) is 1. The van der Waals surface area contributed by atoms with Crippen molar-refractivity contribution in [2.45, 2.75) is 6.42 Å². The van der Waals surface area contributed by atoms with Gasteiger partial charge in [-0.1, -0.05) is 6.07 Å². The number of rotatable bonds is 7. The number of carbonyl (C=O) groups is 3. The average molecular weight is 317 g/mol. The summed E-state index contributed by atoms with van der Waals surface area (Å²) in [6.07, 6.45) is 1.27. The number of esters is 1. The van der Waals surface area contributed by atoms with Gasteiger partial charge >= 0.3 is 11.9 Å². The Hall–Kier alpha value is -3.34. The maximum absolute atomic E-state index is 11.9. The number of methoxy groups -OCH3 is 1. The number of amides is 1. The third kappa shape index (κ3) is 5.89. The van der Waals surface area contributed by atoms with Gasteiger partial charge < -0.3 is 20.5 Å². The standard InChI is InChI=1S/C15H15N3O5/c1-23-13(19)5-6-17-9-11(8-16)14(20)18-12-4-2-3-10(7-12)15(21)22/h2-4,7,9,17H,5-6H2,1H3,(H,18,20)(H,21,22)/b11-9-. The monoisotopic (exact) mass is 317 g/mol. The quantitative estimate of drug-likeness (QED) is 0.295. The van der Waals surface area contributed by atoms with Gasteiger partial charge in [-0.3, -0.25) is 9.59 Å². The highest BCUT2D eigenvalue weighted by Gasteiger charge is 2.11. The van der Waals surface area contributed by atoms with Gasteiger partial charge in [0.1, 0.15) is 11.6 Å². The van der Waals surface area contributed by atoms with E-state index in [2.05, 4.69) is 15.4 Å². The van der Waals surface area contributed by atoms with Gasteiger partial charge in [0.2, 0.25) is 0 Å². The van der Waals surface area contributed by atoms with Crippen molar-refractivity contribution < 1.29 is 24.2 Å². The number of ether oxygens (including phenoxy) is 1. The molecule has 120 valence electrons. The van der Waals surface area contributed by atoms with Crippen molar-refractivity contribution in [1.29, 1.82) is 5.26 Å². The lowest BCUT2D eigenvalue weighted by Gasteiger charge is -2.06. The SMILES string of the molecule is COC(=O)CCN/C=C(/C#N)C(=O)Nc1cccc(C(=O)O)c1. The summed E-state index contributed by atoms with van der Waals surface area (Å²) in [6.45, 7) is 0.208. The lowest BCUT2D eigenvalue weighted by Crippen LogP contribution is -2.18. The minimum absolute atomic E-state index is 0.0153. The van der Waals surface area contributed by atoms with Gasteiger partial charge in [0, 0.05) is 18.4 Å². The summed E-state index contributed by atoms with van der Waals surface area (Å²) in [5.41, 5.74) is 0.0581. The Labute approximate surface area is 132 Å². The van der Waals surface area contributed by atoms with Crippen LogP contribution in [-0.4, -0.2) is 36.6 Å². The zero-order chi connectivity index (χ0) is 17.2. The first kappa shape index (κ1) is 17.7. The number of benzene rings is 1. The van der Waals surface area contributed by atoms with E-state index in [4.69, 9.17) is 10.4 Å². The van der Waals surface area contributed by atoms with Gasteiger partial charge in [-0.05, 0) is 18.2 Å². The summed E-state index contributed by atoms with van der Waals surface area (Å²) in [6, 6.07) is 7.36. The van der Waals surface area contributed by atoms with E-state index in [1.54, 1.807) is 6.07 Å². The van der Waals surface area contributed by atoms with Crippen LogP contribution in [0.3, 0.4) is 0 Å². The van der Waals surface area contributed by atoms with Crippen LogP contribution in [0.1, 0.15) is 16.8 Å². The van der Waals surface area contributed by atoms with E-state index >= 15 is 0 Å². The fraction of sp³-hybridized carbons (Fsp3) is 0.200. The van der Waals surface area contributed by atoms with Crippen molar-refractivity contribution in [1.82, 2.24) is 5.32 Å². The molecule has 8 heteroatoms. The summed E-state index contributed by atoms with van der Waals surface area (Å²) >= 11 is 0. The maximum Gasteiger partial charge on any atom is 0.335 e. The molecule has 0 aliphatic carbocycles. The third-order valence-corrected chi connectivity index (χ3v) is 2.68. The molecular weight excluding hydrogens is 302 g/mol. The van der Waals surface area contributed by atoms with Gasteiger partial charge in [0.15, 0.2) is 0 Å². The molecule has 0 atom stereocenters. The van der Waals surface area contributed by atoms with E-state index in [0.717, 1.165) is 0 Å². The van der Waals surface area contributed by atoms with Crippen LogP contribution in [0, 0.1) is 11.3 Å². The van der Waals surface area contributed by atoms with E-state index < -0.39 is 17.8 Å². The summed E-state index contributed by atoms with van der Waals surface area (Å²) in [4.78, 5) is 33.7. The molecule has 0 fully saturated rings. The molecule has 1 aromatic rings. The molecule has 1 amide bonds. The van der Waals surface area contributed by atoms with Crippen LogP contribution in [0.15, 0.2) is 36.0 Å². The zero-order valence-corrected chi connectivity index (χ0v) is 12.3. The molecule has 8 nitrogen and oxygen atoms in total. The molecule has 1 aromatic carbocycles. The molecular formula is C15H15N3O5. The first-order chi connectivity index (χ1) is 11.0. The number of nitrogens with zero attached hydrogens (tertiary/aromatic N) is 1. The Morgan fingerprint density at radius 2 is 2.13 bits per heavy atom. The van der Waals surface area contributed by atoms with Crippen molar-refractivity contribution >= 4 is 23.5 Å². The van der Waals surface area contributed by atoms with Crippen molar-refractivity contribution in [2.75, 3.05) is 19.0 Å². The molecule has 0 aliphatic rings. The Balaban J connectivity index is 2.67. The van der Waals surface area contributed by atoms with E-state index in [-0.39, 0.29) is 29.8 Å². The van der Waals surface area contributed by atoms with Crippen LogP contribution in [-0.2, 0) is 14.3 Å². The number of anilines is 1. The minimum Gasteiger partial charge on any atom is -0.478 e. The molecule has 0 aliphatic heterocycles. The van der Waals surface area contributed by atoms with E-state index in [0.29, 0.717) is 0 Å². The van der Waals surface area contributed by atoms with Crippen LogP contribution in [0.2, 0.25) is 0 Å². The smallest absolute Gasteiger partial charge is 0.335 e. The second-order valence-electron chi connectivity index (χ2n) is 4.29. The number of carboxylic acids is 1. The Kier molecular flexibility index (Phi) is 6.81. The topological polar surface area (TPSA) is 129 Å². The van der Waals surface area contributed by atoms with Crippen LogP contribution >= 0.6 is 0 Å². The second kappa shape index (κ2) is 8.84. The molecule has 0 bridgehead atoms. The number of carbonyl (C=O) groups excluding carboxylic acids is 2. The highest BCUT2D eigenvalue weighted by atomic mass is 16.5. The van der Waals surface area contributed by atoms with Gasteiger partial charge in [-0.15, -0.1) is 0 Å². The van der Waals surface area contributed by atoms with Crippen molar-refractivity contribution in [3.8, 4) is 6.07 Å². The highest BCUT2D eigenvalue weighted by Crippen LogP contribution is 2.11. The van der Waals surface area contributed by atoms with Crippen LogP contribution in [0.25, 0.3) is 0 Å². The Bertz CT molecular complexity index is 676. The molecule has 0 saturated carbocycles. The number of nitriles is 1. The largest absolute Gasteiger partial charge is 0.478 e. The lowest BCUT2D eigenvalue weighted by molar-refractivity contribution is -0.140. The molecule has 0 radical (unpaired) electrons. The first-order valence-electron chi connectivity index (χ1n) is 6.53. The zero-order valence-electron chi connectivity index (χ0n) is 12.3. The fourth-order valence-corrected chi connectivity index (χ4v) is 1.53. The molecule has 0 aromatic heterocycles. The van der Waals surface area contributed by atoms with Gasteiger partial charge in [-0.25, -0.2) is 4.79 Å². The van der Waals surface area contributed by atoms with E-state index in [9.17, 15) is 14.4 Å². The van der Waals surface area contributed by atoms with Crippen LogP contribution < -0.4 is 10.6 Å². The van der Waals surface area contributed by atoms with E-state index in [1.807, 2.05) is 0 Å². The van der Waals surface area contributed by atoms with Gasteiger partial charge in [0.05, 0.1) is 19.1 Å². The van der Waals surface area contributed by atoms with Gasteiger partial charge in [-0.2, -0.15) is 5.26 Å². The lowest BCUT2D eigenvalue weighted by atomic mass is 10.2. The predicted octanol–water partition coefficient (Wildman–Crippen LogP) is 0.883. The minimum atomic E-state index is -1.12.